The van der Waals surface area contributed by atoms with Gasteiger partial charge in [-0.3, -0.25) is 4.79 Å². The summed E-state index contributed by atoms with van der Waals surface area (Å²) in [4.78, 5) is 21.3. The highest BCUT2D eigenvalue weighted by Crippen LogP contribution is 2.34. The van der Waals surface area contributed by atoms with E-state index in [1.165, 1.54) is 19.3 Å². The summed E-state index contributed by atoms with van der Waals surface area (Å²) in [6.45, 7) is 6.81. The van der Waals surface area contributed by atoms with Crippen molar-refractivity contribution in [3.05, 3.63) is 52.8 Å². The van der Waals surface area contributed by atoms with Crippen molar-refractivity contribution in [3.63, 3.8) is 0 Å². The molecule has 3 aromatic rings. The van der Waals surface area contributed by atoms with Crippen molar-refractivity contribution >= 4 is 10.8 Å². The summed E-state index contributed by atoms with van der Waals surface area (Å²) in [6.07, 6.45) is 7.27. The lowest BCUT2D eigenvalue weighted by Gasteiger charge is -2.14. The Morgan fingerprint density at radius 3 is 2.56 bits per heavy atom. The number of benzene rings is 1. The molecule has 0 amide bonds. The number of aryl methyl sites for hydroxylation is 2. The SMILES string of the molecule is CCC.Cc1ncc(OCC2CC2)c(-c2cn(C)c(=O)c3ccccc23)n1.[HH]. The van der Waals surface area contributed by atoms with Gasteiger partial charge in [0.25, 0.3) is 5.56 Å². The van der Waals surface area contributed by atoms with Crippen molar-refractivity contribution in [1.29, 1.82) is 0 Å². The van der Waals surface area contributed by atoms with Crippen LogP contribution in [0, 0.1) is 12.8 Å². The van der Waals surface area contributed by atoms with E-state index in [-0.39, 0.29) is 6.99 Å². The minimum absolute atomic E-state index is 0. The Hall–Kier alpha value is -2.69. The first-order valence-corrected chi connectivity index (χ1v) is 9.60. The van der Waals surface area contributed by atoms with Crippen molar-refractivity contribution in [2.75, 3.05) is 6.61 Å². The average molecular weight is 367 g/mol. The third-order valence-corrected chi connectivity index (χ3v) is 4.39. The maximum atomic E-state index is 12.4. The second kappa shape index (κ2) is 8.33. The minimum atomic E-state index is -0.0134. The summed E-state index contributed by atoms with van der Waals surface area (Å²) < 4.78 is 7.57. The third-order valence-electron chi connectivity index (χ3n) is 4.39. The van der Waals surface area contributed by atoms with Gasteiger partial charge in [-0.1, -0.05) is 38.5 Å². The molecule has 5 heteroatoms. The smallest absolute Gasteiger partial charge is 0.258 e. The van der Waals surface area contributed by atoms with Gasteiger partial charge in [-0.15, -0.1) is 0 Å². The first-order valence-electron chi connectivity index (χ1n) is 9.60. The Kier molecular flexibility index (Phi) is 5.89. The zero-order valence-corrected chi connectivity index (χ0v) is 16.5. The molecule has 0 saturated heterocycles. The van der Waals surface area contributed by atoms with Gasteiger partial charge in [0.05, 0.1) is 12.8 Å². The van der Waals surface area contributed by atoms with Crippen LogP contribution < -0.4 is 10.3 Å². The van der Waals surface area contributed by atoms with Gasteiger partial charge in [0, 0.05) is 25.6 Å². The highest BCUT2D eigenvalue weighted by Gasteiger charge is 2.23. The molecule has 1 fully saturated rings. The maximum Gasteiger partial charge on any atom is 0.258 e. The molecule has 1 aliphatic rings. The summed E-state index contributed by atoms with van der Waals surface area (Å²) in [6, 6.07) is 7.61. The van der Waals surface area contributed by atoms with Crippen molar-refractivity contribution < 1.29 is 6.16 Å². The Morgan fingerprint density at radius 1 is 1.22 bits per heavy atom. The summed E-state index contributed by atoms with van der Waals surface area (Å²) in [5.41, 5.74) is 1.62. The number of hydrogen-bond acceptors (Lipinski definition) is 4. The monoisotopic (exact) mass is 367 g/mol. The molecule has 2 aromatic heterocycles. The lowest BCUT2D eigenvalue weighted by molar-refractivity contribution is 0.298. The molecular formula is C22H29N3O2. The zero-order valence-electron chi connectivity index (χ0n) is 16.5. The van der Waals surface area contributed by atoms with Gasteiger partial charge in [0.2, 0.25) is 0 Å². The summed E-state index contributed by atoms with van der Waals surface area (Å²) in [5.74, 6) is 2.01. The molecule has 0 radical (unpaired) electrons. The molecular weight excluding hydrogens is 338 g/mol. The first-order chi connectivity index (χ1) is 13.0. The topological polar surface area (TPSA) is 57.0 Å². The van der Waals surface area contributed by atoms with E-state index in [9.17, 15) is 4.79 Å². The van der Waals surface area contributed by atoms with Crippen LogP contribution in [0.1, 0.15) is 40.4 Å². The van der Waals surface area contributed by atoms with Gasteiger partial charge in [-0.25, -0.2) is 9.97 Å². The van der Waals surface area contributed by atoms with Gasteiger partial charge in [-0.05, 0) is 37.1 Å². The standard InChI is InChI=1S/C19H19N3O2.C3H8.H2/c1-12-20-9-17(24-11-13-7-8-13)18(21-12)16-10-22(2)19(23)15-6-4-3-5-14(15)16;1-3-2;/h3-6,9-10,13H,7-8,11H2,1-2H3;3H2,1-2H3;1H. The summed E-state index contributed by atoms with van der Waals surface area (Å²) >= 11 is 0. The van der Waals surface area contributed by atoms with Crippen molar-refractivity contribution in [2.45, 2.75) is 40.0 Å². The maximum absolute atomic E-state index is 12.4. The van der Waals surface area contributed by atoms with Crippen LogP contribution in [0.3, 0.4) is 0 Å². The molecule has 0 unspecified atom stereocenters. The van der Waals surface area contributed by atoms with Crippen LogP contribution in [-0.2, 0) is 7.05 Å². The van der Waals surface area contributed by atoms with E-state index >= 15 is 0 Å². The van der Waals surface area contributed by atoms with Gasteiger partial charge in [-0.2, -0.15) is 0 Å². The highest BCUT2D eigenvalue weighted by molar-refractivity contribution is 5.96. The lowest BCUT2D eigenvalue weighted by Crippen LogP contribution is -2.17. The molecule has 1 aromatic carbocycles. The number of rotatable bonds is 4. The normalized spacial score (nSPS) is 13.2. The predicted molar refractivity (Wildman–Crippen MR) is 111 cm³/mol. The van der Waals surface area contributed by atoms with Crippen LogP contribution in [0.4, 0.5) is 0 Å². The minimum Gasteiger partial charge on any atom is -0.489 e. The fourth-order valence-electron chi connectivity index (χ4n) is 2.85. The van der Waals surface area contributed by atoms with E-state index in [0.29, 0.717) is 29.5 Å². The second-order valence-corrected chi connectivity index (χ2v) is 7.10. The molecule has 1 aliphatic carbocycles. The fourth-order valence-corrected chi connectivity index (χ4v) is 2.85. The van der Waals surface area contributed by atoms with Gasteiger partial charge >= 0.3 is 0 Å². The van der Waals surface area contributed by atoms with Gasteiger partial charge in [0.1, 0.15) is 11.5 Å². The number of aromatic nitrogens is 3. The molecule has 2 heterocycles. The van der Waals surface area contributed by atoms with Crippen molar-refractivity contribution in [1.82, 2.24) is 14.5 Å². The van der Waals surface area contributed by atoms with E-state index in [0.717, 1.165) is 16.6 Å². The van der Waals surface area contributed by atoms with Gasteiger partial charge in [0.15, 0.2) is 5.75 Å². The largest absolute Gasteiger partial charge is 0.489 e. The van der Waals surface area contributed by atoms with Crippen molar-refractivity contribution in [2.24, 2.45) is 13.0 Å². The Labute approximate surface area is 161 Å². The van der Waals surface area contributed by atoms with Crippen LogP contribution >= 0.6 is 0 Å². The molecule has 0 aliphatic heterocycles. The molecule has 4 rings (SSSR count). The molecule has 1 saturated carbocycles. The molecule has 0 spiro atoms. The van der Waals surface area contributed by atoms with Crippen LogP contribution in [0.25, 0.3) is 22.0 Å². The molecule has 5 nitrogen and oxygen atoms in total. The van der Waals surface area contributed by atoms with E-state index in [2.05, 4.69) is 23.8 Å². The molecule has 27 heavy (non-hydrogen) atoms. The number of ether oxygens (including phenoxy) is 1. The Balaban J connectivity index is 0.000000660. The van der Waals surface area contributed by atoms with E-state index in [4.69, 9.17) is 4.74 Å². The van der Waals surface area contributed by atoms with E-state index < -0.39 is 0 Å². The van der Waals surface area contributed by atoms with Crippen LogP contribution in [0.2, 0.25) is 0 Å². The average Bonchev–Trinajstić information content (AvgIpc) is 3.49. The van der Waals surface area contributed by atoms with E-state index in [1.54, 1.807) is 17.8 Å². The summed E-state index contributed by atoms with van der Waals surface area (Å²) in [5, 5.41) is 1.57. The number of pyridine rings is 1. The molecule has 144 valence electrons. The van der Waals surface area contributed by atoms with Crippen molar-refractivity contribution in [3.8, 4) is 17.0 Å². The molecule has 0 N–H and O–H groups in total. The van der Waals surface area contributed by atoms with Crippen LogP contribution in [0.15, 0.2) is 41.5 Å². The van der Waals surface area contributed by atoms with Crippen LogP contribution in [0.5, 0.6) is 5.75 Å². The lowest BCUT2D eigenvalue weighted by atomic mass is 10.0. The van der Waals surface area contributed by atoms with Crippen LogP contribution in [-0.4, -0.2) is 21.1 Å². The summed E-state index contributed by atoms with van der Waals surface area (Å²) in [7, 11) is 1.76. The third kappa shape index (κ3) is 4.35. The first kappa shape index (κ1) is 19.1. The number of hydrogen-bond donors (Lipinski definition) is 0. The second-order valence-electron chi connectivity index (χ2n) is 7.10. The fraction of sp³-hybridized carbons (Fsp3) is 0.409. The van der Waals surface area contributed by atoms with E-state index in [1.807, 2.05) is 37.4 Å². The zero-order chi connectivity index (χ0) is 19.4. The molecule has 0 atom stereocenters. The Bertz CT molecular complexity index is 997. The number of fused-ring (bicyclic) bond motifs is 1. The molecule has 0 bridgehead atoms. The van der Waals surface area contributed by atoms with Gasteiger partial charge < -0.3 is 9.30 Å². The predicted octanol–water partition coefficient (Wildman–Crippen LogP) is 4.76. The Morgan fingerprint density at radius 2 is 1.89 bits per heavy atom. The highest BCUT2D eigenvalue weighted by atomic mass is 16.5. The number of nitrogens with zero attached hydrogens (tertiary/aromatic N) is 3. The quantitative estimate of drug-likeness (QED) is 0.667.